The maximum absolute atomic E-state index is 6.86. The van der Waals surface area contributed by atoms with Crippen molar-refractivity contribution in [1.29, 1.82) is 0 Å². The van der Waals surface area contributed by atoms with Crippen LogP contribution in [-0.2, 0) is 0 Å². The minimum Gasteiger partial charge on any atom is -1.00 e. The van der Waals surface area contributed by atoms with Gasteiger partial charge in [-0.2, -0.15) is 11.1 Å². The summed E-state index contributed by atoms with van der Waals surface area (Å²) < 4.78 is 1.33. The van der Waals surface area contributed by atoms with Crippen molar-refractivity contribution in [1.82, 2.24) is 0 Å². The Balaban J connectivity index is 0. The van der Waals surface area contributed by atoms with Crippen LogP contribution in [0.1, 0.15) is 97.8 Å². The first-order valence-corrected chi connectivity index (χ1v) is 15.1. The Hall–Kier alpha value is 0.757. The zero-order valence-electron chi connectivity index (χ0n) is 18.0. The van der Waals surface area contributed by atoms with E-state index in [4.69, 9.17) is 11.1 Å². The fourth-order valence-electron chi connectivity index (χ4n) is 3.99. The summed E-state index contributed by atoms with van der Waals surface area (Å²) in [5.41, 5.74) is 0. The van der Waals surface area contributed by atoms with E-state index in [1.807, 2.05) is 0 Å². The van der Waals surface area contributed by atoms with E-state index in [1.165, 1.54) is 107 Å². The Bertz CT molecular complexity index is 248. The lowest BCUT2D eigenvalue weighted by Gasteiger charge is -2.42. The molecule has 25 heavy (non-hydrogen) atoms. The van der Waals surface area contributed by atoms with Gasteiger partial charge in [-0.25, -0.2) is 0 Å². The monoisotopic (exact) mass is 411 g/mol. The summed E-state index contributed by atoms with van der Waals surface area (Å²) in [6.07, 6.45) is 17.9. The standard InChI is InChI=1S/C21H47ClNSi.ClH/c1-6-9-12-15-18-23(21-24(4,5)22,19-16-13-10-7-2)20-17-14-11-8-3;/h6-21H2,1-5H3;1H/q+1;/p-1. The van der Waals surface area contributed by atoms with Crippen molar-refractivity contribution in [3.8, 4) is 0 Å². The smallest absolute Gasteiger partial charge is 0.211 e. The first-order valence-electron chi connectivity index (χ1n) is 10.9. The molecule has 0 atom stereocenters. The number of unbranched alkanes of at least 4 members (excludes halogenated alkanes) is 9. The average molecular weight is 413 g/mol. The molecule has 0 aliphatic carbocycles. The minimum atomic E-state index is -1.55. The van der Waals surface area contributed by atoms with Crippen LogP contribution in [0.15, 0.2) is 0 Å². The van der Waals surface area contributed by atoms with Crippen molar-refractivity contribution in [2.45, 2.75) is 111 Å². The fourth-order valence-corrected chi connectivity index (χ4v) is 6.82. The third-order valence-corrected chi connectivity index (χ3v) is 6.95. The van der Waals surface area contributed by atoms with Crippen LogP contribution in [0.3, 0.4) is 0 Å². The van der Waals surface area contributed by atoms with Crippen LogP contribution in [-0.4, -0.2) is 37.7 Å². The molecule has 1 nitrogen and oxygen atoms in total. The second kappa shape index (κ2) is 16.9. The quantitative estimate of drug-likeness (QED) is 0.142. The largest absolute Gasteiger partial charge is 1.00 e. The van der Waals surface area contributed by atoms with Gasteiger partial charge in [-0.1, -0.05) is 72.4 Å². The van der Waals surface area contributed by atoms with E-state index in [1.54, 1.807) is 0 Å². The number of quaternary nitrogens is 1. The molecule has 154 valence electrons. The summed E-state index contributed by atoms with van der Waals surface area (Å²) in [6, 6.07) is 0. The van der Waals surface area contributed by atoms with E-state index >= 15 is 0 Å². The Morgan fingerprint density at radius 3 is 1.16 bits per heavy atom. The second-order valence-electron chi connectivity index (χ2n) is 8.57. The van der Waals surface area contributed by atoms with Gasteiger partial charge in [0.2, 0.25) is 7.38 Å². The number of hydrogen-bond donors (Lipinski definition) is 0. The molecule has 0 aromatic rings. The van der Waals surface area contributed by atoms with Crippen molar-refractivity contribution >= 4 is 18.5 Å². The third-order valence-electron chi connectivity index (χ3n) is 5.17. The van der Waals surface area contributed by atoms with Crippen molar-refractivity contribution in [2.24, 2.45) is 0 Å². The SMILES string of the molecule is CCCCCC[N+](CCCCCC)(CCCCCC)C[Si](C)(C)Cl.[Cl-]. The first-order chi connectivity index (χ1) is 11.4. The number of nitrogens with zero attached hydrogens (tertiary/aromatic N) is 1. The summed E-state index contributed by atoms with van der Waals surface area (Å²) in [6.45, 7) is 15.8. The van der Waals surface area contributed by atoms with E-state index in [9.17, 15) is 0 Å². The normalized spacial score (nSPS) is 12.2. The molecule has 0 fully saturated rings. The van der Waals surface area contributed by atoms with Gasteiger partial charge in [-0.05, 0) is 38.5 Å². The maximum Gasteiger partial charge on any atom is 0.211 e. The summed E-state index contributed by atoms with van der Waals surface area (Å²) in [4.78, 5) is 0. The van der Waals surface area contributed by atoms with Crippen molar-refractivity contribution in [2.75, 3.05) is 25.8 Å². The fraction of sp³-hybridized carbons (Fsp3) is 1.00. The van der Waals surface area contributed by atoms with Gasteiger partial charge < -0.3 is 16.9 Å². The topological polar surface area (TPSA) is 0 Å². The molecule has 0 bridgehead atoms. The Morgan fingerprint density at radius 1 is 0.600 bits per heavy atom. The molecule has 0 rings (SSSR count). The van der Waals surface area contributed by atoms with Gasteiger partial charge in [0.1, 0.15) is 0 Å². The summed E-state index contributed by atoms with van der Waals surface area (Å²) in [5.74, 6) is 0. The van der Waals surface area contributed by atoms with Crippen molar-refractivity contribution in [3.63, 3.8) is 0 Å². The lowest BCUT2D eigenvalue weighted by molar-refractivity contribution is -0.919. The van der Waals surface area contributed by atoms with Gasteiger partial charge in [-0.3, -0.25) is 0 Å². The zero-order valence-corrected chi connectivity index (χ0v) is 20.5. The second-order valence-corrected chi connectivity index (χ2v) is 15.4. The van der Waals surface area contributed by atoms with Gasteiger partial charge in [0.15, 0.2) is 0 Å². The molecule has 0 spiro atoms. The highest BCUT2D eigenvalue weighted by molar-refractivity contribution is 7.19. The molecular formula is C21H47Cl2NSi. The molecule has 0 aromatic carbocycles. The van der Waals surface area contributed by atoms with Crippen LogP contribution in [0.25, 0.3) is 0 Å². The molecule has 0 aliphatic rings. The lowest BCUT2D eigenvalue weighted by Crippen LogP contribution is -3.00. The van der Waals surface area contributed by atoms with Crippen LogP contribution in [0.4, 0.5) is 0 Å². The summed E-state index contributed by atoms with van der Waals surface area (Å²) in [7, 11) is -1.55. The Labute approximate surface area is 172 Å². The van der Waals surface area contributed by atoms with Gasteiger partial charge in [0.25, 0.3) is 0 Å². The Kier molecular flexibility index (Phi) is 18.9. The molecule has 0 saturated carbocycles. The minimum absolute atomic E-state index is 0. The first kappa shape index (κ1) is 28.0. The molecule has 0 unspecified atom stereocenters. The zero-order chi connectivity index (χ0) is 18.3. The summed E-state index contributed by atoms with van der Waals surface area (Å²) in [5, 5.41) is 0. The molecule has 0 aromatic heterocycles. The van der Waals surface area contributed by atoms with Crippen LogP contribution in [0.2, 0.25) is 13.1 Å². The van der Waals surface area contributed by atoms with Gasteiger partial charge in [0.05, 0.1) is 25.8 Å². The number of hydrogen-bond acceptors (Lipinski definition) is 0. The van der Waals surface area contributed by atoms with Crippen LogP contribution >= 0.6 is 11.1 Å². The molecular weight excluding hydrogens is 365 g/mol. The molecule has 0 N–H and O–H groups in total. The maximum atomic E-state index is 6.86. The van der Waals surface area contributed by atoms with Gasteiger partial charge >= 0.3 is 0 Å². The van der Waals surface area contributed by atoms with Crippen molar-refractivity contribution in [3.05, 3.63) is 0 Å². The molecule has 0 aliphatic heterocycles. The van der Waals surface area contributed by atoms with Crippen molar-refractivity contribution < 1.29 is 16.9 Å². The van der Waals surface area contributed by atoms with E-state index in [-0.39, 0.29) is 12.4 Å². The lowest BCUT2D eigenvalue weighted by atomic mass is 10.1. The number of rotatable bonds is 17. The molecule has 0 amide bonds. The highest BCUT2D eigenvalue weighted by Gasteiger charge is 2.34. The van der Waals surface area contributed by atoms with Gasteiger partial charge in [0, 0.05) is 0 Å². The van der Waals surface area contributed by atoms with E-state index in [0.717, 1.165) is 0 Å². The van der Waals surface area contributed by atoms with E-state index in [0.29, 0.717) is 0 Å². The van der Waals surface area contributed by atoms with Gasteiger partial charge in [-0.15, -0.1) is 0 Å². The van der Waals surface area contributed by atoms with Crippen LogP contribution < -0.4 is 12.4 Å². The summed E-state index contributed by atoms with van der Waals surface area (Å²) >= 11 is 6.86. The van der Waals surface area contributed by atoms with E-state index in [2.05, 4.69) is 33.9 Å². The third kappa shape index (κ3) is 16.6. The predicted molar refractivity (Wildman–Crippen MR) is 115 cm³/mol. The Morgan fingerprint density at radius 2 is 0.920 bits per heavy atom. The molecule has 0 radical (unpaired) electrons. The molecule has 0 saturated heterocycles. The van der Waals surface area contributed by atoms with Crippen LogP contribution in [0, 0.1) is 0 Å². The van der Waals surface area contributed by atoms with E-state index < -0.39 is 7.38 Å². The highest BCUT2D eigenvalue weighted by atomic mass is 35.6. The predicted octanol–water partition coefficient (Wildman–Crippen LogP) is 4.53. The average Bonchev–Trinajstić information content (AvgIpc) is 2.51. The molecule has 4 heteroatoms. The highest BCUT2D eigenvalue weighted by Crippen LogP contribution is 2.22. The van der Waals surface area contributed by atoms with Crippen LogP contribution in [0.5, 0.6) is 0 Å². The number of halogens is 2. The molecule has 0 heterocycles.